The van der Waals surface area contributed by atoms with Crippen LogP contribution in [0.25, 0.3) is 0 Å². The van der Waals surface area contributed by atoms with Crippen LogP contribution in [-0.2, 0) is 5.41 Å². The monoisotopic (exact) mass is 221 g/mol. The van der Waals surface area contributed by atoms with Crippen LogP contribution >= 0.6 is 11.6 Å². The molecular weight excluding hydrogens is 206 g/mol. The molecule has 0 atom stereocenters. The van der Waals surface area contributed by atoms with Crippen molar-refractivity contribution in [3.63, 3.8) is 0 Å². The van der Waals surface area contributed by atoms with Gasteiger partial charge in [0.15, 0.2) is 0 Å². The van der Waals surface area contributed by atoms with E-state index in [1.165, 1.54) is 43.4 Å². The molecule has 1 aliphatic carbocycles. The number of benzene rings is 1. The second-order valence-corrected chi connectivity index (χ2v) is 5.26. The van der Waals surface area contributed by atoms with Crippen LogP contribution in [0, 0.1) is 0 Å². The first-order valence-corrected chi connectivity index (χ1v) is 6.23. The summed E-state index contributed by atoms with van der Waals surface area (Å²) in [6.45, 7) is 1.09. The molecule has 0 bridgehead atoms. The predicted molar refractivity (Wildman–Crippen MR) is 64.7 cm³/mol. The highest BCUT2D eigenvalue weighted by atomic mass is 35.5. The second kappa shape index (κ2) is 3.41. The molecule has 0 aromatic heterocycles. The van der Waals surface area contributed by atoms with E-state index in [2.05, 4.69) is 17.4 Å². The maximum Gasteiger partial charge on any atom is 0.0640 e. The highest BCUT2D eigenvalue weighted by Gasteiger charge is 2.40. The Morgan fingerprint density at radius 1 is 1.13 bits per heavy atom. The minimum absolute atomic E-state index is 0.401. The third-order valence-electron chi connectivity index (χ3n) is 4.00. The normalized spacial score (nSPS) is 22.5. The molecule has 3 rings (SSSR count). The fourth-order valence-electron chi connectivity index (χ4n) is 3.17. The summed E-state index contributed by atoms with van der Waals surface area (Å²) in [6.07, 6.45) is 6.79. The van der Waals surface area contributed by atoms with Gasteiger partial charge in [0, 0.05) is 12.0 Å². The quantitative estimate of drug-likeness (QED) is 0.699. The SMILES string of the molecule is Clc1cccc2c1NCC21CCCCC1. The molecule has 2 aliphatic rings. The third kappa shape index (κ3) is 1.37. The third-order valence-corrected chi connectivity index (χ3v) is 4.31. The van der Waals surface area contributed by atoms with Gasteiger partial charge < -0.3 is 5.32 Å². The molecule has 1 aliphatic heterocycles. The molecule has 1 heterocycles. The van der Waals surface area contributed by atoms with Crippen LogP contribution in [0.1, 0.15) is 37.7 Å². The average molecular weight is 222 g/mol. The molecule has 80 valence electrons. The van der Waals surface area contributed by atoms with E-state index in [4.69, 9.17) is 11.6 Å². The topological polar surface area (TPSA) is 12.0 Å². The lowest BCUT2D eigenvalue weighted by atomic mass is 9.71. The summed E-state index contributed by atoms with van der Waals surface area (Å²) in [5, 5.41) is 4.38. The van der Waals surface area contributed by atoms with Crippen LogP contribution in [0.4, 0.5) is 5.69 Å². The van der Waals surface area contributed by atoms with E-state index in [0.717, 1.165) is 11.6 Å². The number of hydrogen-bond donors (Lipinski definition) is 1. The van der Waals surface area contributed by atoms with E-state index in [-0.39, 0.29) is 0 Å². The largest absolute Gasteiger partial charge is 0.383 e. The van der Waals surface area contributed by atoms with Crippen molar-refractivity contribution in [2.45, 2.75) is 37.5 Å². The summed E-state index contributed by atoms with van der Waals surface area (Å²) in [5.74, 6) is 0. The molecule has 1 aromatic rings. The Hall–Kier alpha value is -0.690. The molecule has 1 nitrogen and oxygen atoms in total. The summed E-state index contributed by atoms with van der Waals surface area (Å²) in [6, 6.07) is 6.33. The van der Waals surface area contributed by atoms with E-state index in [0.29, 0.717) is 5.41 Å². The molecule has 0 saturated heterocycles. The maximum absolute atomic E-state index is 6.21. The smallest absolute Gasteiger partial charge is 0.0640 e. The van der Waals surface area contributed by atoms with Gasteiger partial charge in [-0.05, 0) is 24.5 Å². The van der Waals surface area contributed by atoms with Crippen molar-refractivity contribution in [3.8, 4) is 0 Å². The first-order valence-electron chi connectivity index (χ1n) is 5.85. The number of anilines is 1. The first kappa shape index (κ1) is 9.53. The molecule has 1 saturated carbocycles. The van der Waals surface area contributed by atoms with Crippen LogP contribution in [0.3, 0.4) is 0 Å². The van der Waals surface area contributed by atoms with Gasteiger partial charge in [0.05, 0.1) is 10.7 Å². The summed E-state index contributed by atoms with van der Waals surface area (Å²) >= 11 is 6.21. The Labute approximate surface area is 95.8 Å². The second-order valence-electron chi connectivity index (χ2n) is 4.86. The highest BCUT2D eigenvalue weighted by molar-refractivity contribution is 6.33. The molecule has 1 fully saturated rings. The zero-order chi connectivity index (χ0) is 10.3. The van der Waals surface area contributed by atoms with Crippen molar-refractivity contribution in [2.75, 3.05) is 11.9 Å². The zero-order valence-corrected chi connectivity index (χ0v) is 9.61. The van der Waals surface area contributed by atoms with Crippen LogP contribution in [0.15, 0.2) is 18.2 Å². The van der Waals surface area contributed by atoms with Crippen molar-refractivity contribution in [2.24, 2.45) is 0 Å². The molecule has 2 heteroatoms. The van der Waals surface area contributed by atoms with E-state index in [9.17, 15) is 0 Å². The van der Waals surface area contributed by atoms with E-state index < -0.39 is 0 Å². The molecule has 15 heavy (non-hydrogen) atoms. The van der Waals surface area contributed by atoms with Crippen molar-refractivity contribution < 1.29 is 0 Å². The van der Waals surface area contributed by atoms with Gasteiger partial charge in [-0.2, -0.15) is 0 Å². The van der Waals surface area contributed by atoms with Gasteiger partial charge in [-0.25, -0.2) is 0 Å². The van der Waals surface area contributed by atoms with Gasteiger partial charge in [0.1, 0.15) is 0 Å². The summed E-state index contributed by atoms with van der Waals surface area (Å²) in [5.41, 5.74) is 3.06. The molecule has 0 radical (unpaired) electrons. The number of hydrogen-bond acceptors (Lipinski definition) is 1. The van der Waals surface area contributed by atoms with E-state index in [1.807, 2.05) is 6.07 Å². The average Bonchev–Trinajstić information content (AvgIpc) is 2.61. The van der Waals surface area contributed by atoms with Crippen molar-refractivity contribution in [3.05, 3.63) is 28.8 Å². The number of fused-ring (bicyclic) bond motifs is 2. The van der Waals surface area contributed by atoms with Gasteiger partial charge in [0.2, 0.25) is 0 Å². The lowest BCUT2D eigenvalue weighted by molar-refractivity contribution is 0.319. The van der Waals surface area contributed by atoms with Gasteiger partial charge in [0.25, 0.3) is 0 Å². The lowest BCUT2D eigenvalue weighted by Crippen LogP contribution is -2.30. The first-order chi connectivity index (χ1) is 7.32. The van der Waals surface area contributed by atoms with Crippen LogP contribution in [0.2, 0.25) is 5.02 Å². The van der Waals surface area contributed by atoms with Gasteiger partial charge in [-0.15, -0.1) is 0 Å². The fourth-order valence-corrected chi connectivity index (χ4v) is 3.41. The number of nitrogens with one attached hydrogen (secondary N) is 1. The summed E-state index contributed by atoms with van der Waals surface area (Å²) in [7, 11) is 0. The van der Waals surface area contributed by atoms with Crippen molar-refractivity contribution in [1.29, 1.82) is 0 Å². The Kier molecular flexibility index (Phi) is 2.17. The van der Waals surface area contributed by atoms with E-state index >= 15 is 0 Å². The summed E-state index contributed by atoms with van der Waals surface area (Å²) < 4.78 is 0. The molecule has 0 unspecified atom stereocenters. The van der Waals surface area contributed by atoms with Gasteiger partial charge >= 0.3 is 0 Å². The number of halogens is 1. The van der Waals surface area contributed by atoms with Crippen molar-refractivity contribution in [1.82, 2.24) is 0 Å². The molecule has 0 amide bonds. The fraction of sp³-hybridized carbons (Fsp3) is 0.538. The molecular formula is C13H16ClN. The van der Waals surface area contributed by atoms with Crippen LogP contribution in [-0.4, -0.2) is 6.54 Å². The molecule has 1 N–H and O–H groups in total. The minimum atomic E-state index is 0.401. The van der Waals surface area contributed by atoms with Gasteiger partial charge in [-0.3, -0.25) is 0 Å². The summed E-state index contributed by atoms with van der Waals surface area (Å²) in [4.78, 5) is 0. The van der Waals surface area contributed by atoms with Crippen LogP contribution in [0.5, 0.6) is 0 Å². The van der Waals surface area contributed by atoms with Crippen molar-refractivity contribution >= 4 is 17.3 Å². The highest BCUT2D eigenvalue weighted by Crippen LogP contribution is 2.48. The standard InChI is InChI=1S/C13H16ClN/c14-11-6-4-5-10-12(11)15-9-13(10)7-2-1-3-8-13/h4-6,15H,1-3,7-9H2. The number of para-hydroxylation sites is 1. The number of rotatable bonds is 0. The molecule has 1 aromatic carbocycles. The Morgan fingerprint density at radius 3 is 2.73 bits per heavy atom. The van der Waals surface area contributed by atoms with Gasteiger partial charge in [-0.1, -0.05) is 43.0 Å². The Balaban J connectivity index is 2.06. The maximum atomic E-state index is 6.21. The Bertz CT molecular complexity index is 380. The predicted octanol–water partition coefficient (Wildman–Crippen LogP) is 3.97. The van der Waals surface area contributed by atoms with Crippen LogP contribution < -0.4 is 5.32 Å². The lowest BCUT2D eigenvalue weighted by Gasteiger charge is -2.33. The zero-order valence-electron chi connectivity index (χ0n) is 8.85. The minimum Gasteiger partial charge on any atom is -0.383 e. The van der Waals surface area contributed by atoms with E-state index in [1.54, 1.807) is 0 Å². The molecule has 1 spiro atoms. The Morgan fingerprint density at radius 2 is 1.93 bits per heavy atom.